The molecular weight excluding hydrogens is 194 g/mol. The number of hydrogen-bond acceptors (Lipinski definition) is 3. The number of carbonyl (C=O) groups excluding carboxylic acids is 1. The molecule has 2 unspecified atom stereocenters. The first kappa shape index (κ1) is 12.5. The molecule has 1 rings (SSSR count). The van der Waals surface area contributed by atoms with Crippen molar-refractivity contribution in [2.24, 2.45) is 5.92 Å². The maximum atomic E-state index is 11.6. The minimum Gasteiger partial charge on any atom is -0.393 e. The molecule has 1 fully saturated rings. The lowest BCUT2D eigenvalue weighted by molar-refractivity contribution is -0.129. The number of hydrogen-bond donors (Lipinski definition) is 2. The van der Waals surface area contributed by atoms with Gasteiger partial charge in [-0.05, 0) is 25.7 Å². The van der Waals surface area contributed by atoms with Gasteiger partial charge in [-0.1, -0.05) is 6.92 Å². The maximum Gasteiger partial charge on any atom is 0.225 e. The molecule has 15 heavy (non-hydrogen) atoms. The van der Waals surface area contributed by atoms with Crippen LogP contribution in [0.1, 0.15) is 32.6 Å². The lowest BCUT2D eigenvalue weighted by atomic mass is 10.0. The molecule has 2 N–H and O–H groups in total. The van der Waals surface area contributed by atoms with E-state index in [1.165, 1.54) is 0 Å². The topological polar surface area (TPSA) is 58.6 Å². The van der Waals surface area contributed by atoms with Gasteiger partial charge in [0.15, 0.2) is 0 Å². The van der Waals surface area contributed by atoms with E-state index in [2.05, 4.69) is 5.32 Å². The molecule has 0 spiro atoms. The summed E-state index contributed by atoms with van der Waals surface area (Å²) in [7, 11) is 0. The normalized spacial score (nSPS) is 23.5. The van der Waals surface area contributed by atoms with E-state index in [0.29, 0.717) is 19.6 Å². The predicted molar refractivity (Wildman–Crippen MR) is 57.5 cm³/mol. The highest BCUT2D eigenvalue weighted by Crippen LogP contribution is 2.13. The van der Waals surface area contributed by atoms with E-state index in [1.807, 2.05) is 6.92 Å². The van der Waals surface area contributed by atoms with Crippen LogP contribution in [0.4, 0.5) is 0 Å². The number of aliphatic hydroxyl groups is 1. The fourth-order valence-electron chi connectivity index (χ4n) is 1.66. The summed E-state index contributed by atoms with van der Waals surface area (Å²) in [5.74, 6) is 0.0792. The summed E-state index contributed by atoms with van der Waals surface area (Å²) in [6.07, 6.45) is 2.96. The Morgan fingerprint density at radius 3 is 3.07 bits per heavy atom. The van der Waals surface area contributed by atoms with Gasteiger partial charge < -0.3 is 15.2 Å². The van der Waals surface area contributed by atoms with Gasteiger partial charge >= 0.3 is 0 Å². The van der Waals surface area contributed by atoms with Crippen molar-refractivity contribution in [3.63, 3.8) is 0 Å². The fourth-order valence-corrected chi connectivity index (χ4v) is 1.66. The van der Waals surface area contributed by atoms with Gasteiger partial charge in [-0.2, -0.15) is 0 Å². The Morgan fingerprint density at radius 2 is 2.47 bits per heavy atom. The zero-order valence-corrected chi connectivity index (χ0v) is 9.37. The van der Waals surface area contributed by atoms with Crippen LogP contribution in [0.25, 0.3) is 0 Å². The third kappa shape index (κ3) is 4.62. The number of nitrogens with one attached hydrogen (secondary N) is 1. The molecule has 0 aromatic rings. The first-order valence-electron chi connectivity index (χ1n) is 5.77. The van der Waals surface area contributed by atoms with Gasteiger partial charge in [0.25, 0.3) is 0 Å². The Hall–Kier alpha value is -0.610. The SMILES string of the molecule is CCC(O)CCNC(=O)C1CCCOC1. The van der Waals surface area contributed by atoms with Gasteiger partial charge in [0, 0.05) is 13.2 Å². The van der Waals surface area contributed by atoms with Crippen LogP contribution in [0.5, 0.6) is 0 Å². The first-order valence-corrected chi connectivity index (χ1v) is 5.77. The van der Waals surface area contributed by atoms with E-state index in [-0.39, 0.29) is 17.9 Å². The summed E-state index contributed by atoms with van der Waals surface area (Å²) < 4.78 is 5.24. The van der Waals surface area contributed by atoms with Crippen molar-refractivity contribution in [3.8, 4) is 0 Å². The second kappa shape index (κ2) is 6.80. The molecule has 1 aliphatic rings. The molecule has 1 saturated heterocycles. The fraction of sp³-hybridized carbons (Fsp3) is 0.909. The van der Waals surface area contributed by atoms with E-state index < -0.39 is 0 Å². The van der Waals surface area contributed by atoms with Crippen LogP contribution in [0.2, 0.25) is 0 Å². The molecule has 0 aliphatic carbocycles. The average molecular weight is 215 g/mol. The first-order chi connectivity index (χ1) is 7.24. The van der Waals surface area contributed by atoms with Crippen LogP contribution < -0.4 is 5.32 Å². The Morgan fingerprint density at radius 1 is 1.67 bits per heavy atom. The molecule has 0 radical (unpaired) electrons. The van der Waals surface area contributed by atoms with E-state index in [0.717, 1.165) is 25.9 Å². The van der Waals surface area contributed by atoms with Crippen molar-refractivity contribution in [1.82, 2.24) is 5.32 Å². The number of rotatable bonds is 5. The summed E-state index contributed by atoms with van der Waals surface area (Å²) >= 11 is 0. The summed E-state index contributed by atoms with van der Waals surface area (Å²) in [6, 6.07) is 0. The molecule has 88 valence electrons. The smallest absolute Gasteiger partial charge is 0.225 e. The highest BCUT2D eigenvalue weighted by molar-refractivity contribution is 5.78. The van der Waals surface area contributed by atoms with Crippen LogP contribution in [-0.4, -0.2) is 36.9 Å². The van der Waals surface area contributed by atoms with Crippen molar-refractivity contribution >= 4 is 5.91 Å². The zero-order valence-electron chi connectivity index (χ0n) is 9.37. The summed E-state index contributed by atoms with van der Waals surface area (Å²) in [6.45, 7) is 3.81. The molecule has 2 atom stereocenters. The summed E-state index contributed by atoms with van der Waals surface area (Å²) in [5.41, 5.74) is 0. The highest BCUT2D eigenvalue weighted by atomic mass is 16.5. The number of aliphatic hydroxyl groups excluding tert-OH is 1. The Balaban J connectivity index is 2.12. The van der Waals surface area contributed by atoms with Crippen molar-refractivity contribution in [1.29, 1.82) is 0 Å². The molecule has 0 saturated carbocycles. The lowest BCUT2D eigenvalue weighted by Crippen LogP contribution is -2.36. The van der Waals surface area contributed by atoms with E-state index >= 15 is 0 Å². The van der Waals surface area contributed by atoms with Crippen LogP contribution in [0.3, 0.4) is 0 Å². The minimum atomic E-state index is -0.298. The molecule has 0 aromatic heterocycles. The second-order valence-electron chi connectivity index (χ2n) is 4.06. The number of amides is 1. The van der Waals surface area contributed by atoms with Gasteiger partial charge in [0.2, 0.25) is 5.91 Å². The zero-order chi connectivity index (χ0) is 11.1. The Bertz CT molecular complexity index is 190. The van der Waals surface area contributed by atoms with Gasteiger partial charge in [-0.15, -0.1) is 0 Å². The molecule has 4 nitrogen and oxygen atoms in total. The highest BCUT2D eigenvalue weighted by Gasteiger charge is 2.21. The van der Waals surface area contributed by atoms with Gasteiger partial charge in [0.1, 0.15) is 0 Å². The van der Waals surface area contributed by atoms with Crippen LogP contribution >= 0.6 is 0 Å². The van der Waals surface area contributed by atoms with Crippen molar-refractivity contribution in [2.45, 2.75) is 38.7 Å². The van der Waals surface area contributed by atoms with Crippen LogP contribution in [0, 0.1) is 5.92 Å². The molecule has 4 heteroatoms. The molecule has 1 amide bonds. The minimum absolute atomic E-state index is 0.0116. The Labute approximate surface area is 91.0 Å². The summed E-state index contributed by atoms with van der Waals surface area (Å²) in [5, 5.41) is 12.1. The number of ether oxygens (including phenoxy) is 1. The monoisotopic (exact) mass is 215 g/mol. The molecule has 0 aromatic carbocycles. The van der Waals surface area contributed by atoms with Crippen molar-refractivity contribution < 1.29 is 14.6 Å². The largest absolute Gasteiger partial charge is 0.393 e. The summed E-state index contributed by atoms with van der Waals surface area (Å²) in [4.78, 5) is 11.6. The van der Waals surface area contributed by atoms with Crippen LogP contribution in [-0.2, 0) is 9.53 Å². The van der Waals surface area contributed by atoms with E-state index in [9.17, 15) is 9.90 Å². The van der Waals surface area contributed by atoms with Crippen molar-refractivity contribution in [3.05, 3.63) is 0 Å². The van der Waals surface area contributed by atoms with Gasteiger partial charge in [-0.3, -0.25) is 4.79 Å². The van der Waals surface area contributed by atoms with Crippen molar-refractivity contribution in [2.75, 3.05) is 19.8 Å². The van der Waals surface area contributed by atoms with E-state index in [4.69, 9.17) is 4.74 Å². The third-order valence-corrected chi connectivity index (χ3v) is 2.78. The van der Waals surface area contributed by atoms with Crippen LogP contribution in [0.15, 0.2) is 0 Å². The van der Waals surface area contributed by atoms with E-state index in [1.54, 1.807) is 0 Å². The molecule has 0 bridgehead atoms. The molecule has 1 heterocycles. The number of carbonyl (C=O) groups is 1. The lowest BCUT2D eigenvalue weighted by Gasteiger charge is -2.21. The van der Waals surface area contributed by atoms with Gasteiger partial charge in [0.05, 0.1) is 18.6 Å². The Kier molecular flexibility index (Phi) is 5.65. The predicted octanol–water partition coefficient (Wildman–Crippen LogP) is 0.690. The average Bonchev–Trinajstić information content (AvgIpc) is 2.29. The second-order valence-corrected chi connectivity index (χ2v) is 4.06. The van der Waals surface area contributed by atoms with Gasteiger partial charge in [-0.25, -0.2) is 0 Å². The standard InChI is InChI=1S/C11H21NO3/c1-2-10(13)5-6-12-11(14)9-4-3-7-15-8-9/h9-10,13H,2-8H2,1H3,(H,12,14). The molecule has 1 aliphatic heterocycles. The maximum absolute atomic E-state index is 11.6. The molecular formula is C11H21NO3. The quantitative estimate of drug-likeness (QED) is 0.709. The third-order valence-electron chi connectivity index (χ3n) is 2.78.